The van der Waals surface area contributed by atoms with Crippen molar-refractivity contribution in [2.75, 3.05) is 13.1 Å². The van der Waals surface area contributed by atoms with Gasteiger partial charge in [-0.1, -0.05) is 20.4 Å². The van der Waals surface area contributed by atoms with E-state index in [9.17, 15) is 0 Å². The van der Waals surface area contributed by atoms with Gasteiger partial charge >= 0.3 is 0 Å². The van der Waals surface area contributed by atoms with Crippen molar-refractivity contribution in [1.29, 1.82) is 0 Å². The van der Waals surface area contributed by atoms with Gasteiger partial charge in [-0.25, -0.2) is 0 Å². The second-order valence-corrected chi connectivity index (χ2v) is 2.27. The fraction of sp³-hybridized carbons (Fsp3) is 0.625. The van der Waals surface area contributed by atoms with E-state index in [4.69, 9.17) is 0 Å². The molecule has 0 aliphatic carbocycles. The third kappa shape index (κ3) is 5.51. The summed E-state index contributed by atoms with van der Waals surface area (Å²) < 4.78 is 0. The Bertz CT molecular complexity index is 108. The zero-order chi connectivity index (χ0) is 7.82. The first-order valence-corrected chi connectivity index (χ1v) is 3.66. The Balaban J connectivity index is 3.32. The molecule has 0 amide bonds. The molecule has 0 radical (unpaired) electrons. The molecule has 2 heteroatoms. The summed E-state index contributed by atoms with van der Waals surface area (Å²) in [5.74, 6) is 0.498. The molecule has 2 nitrogen and oxygen atoms in total. The minimum absolute atomic E-state index is 0.498. The topological polar surface area (TPSA) is 24.4 Å². The van der Waals surface area contributed by atoms with Crippen molar-refractivity contribution in [3.05, 3.63) is 12.8 Å². The van der Waals surface area contributed by atoms with Gasteiger partial charge < -0.3 is 5.32 Å². The second-order valence-electron chi connectivity index (χ2n) is 2.27. The number of hydrogen-bond acceptors (Lipinski definition) is 2. The van der Waals surface area contributed by atoms with Crippen LogP contribution in [-0.2, 0) is 0 Å². The molecule has 0 saturated carbocycles. The zero-order valence-corrected chi connectivity index (χ0v) is 6.80. The molecular weight excluding hydrogens is 124 g/mol. The van der Waals surface area contributed by atoms with Crippen LogP contribution in [0.5, 0.6) is 0 Å². The lowest BCUT2D eigenvalue weighted by molar-refractivity contribution is 0.643. The van der Waals surface area contributed by atoms with Gasteiger partial charge in [-0.3, -0.25) is 4.99 Å². The van der Waals surface area contributed by atoms with Gasteiger partial charge in [0.15, 0.2) is 0 Å². The summed E-state index contributed by atoms with van der Waals surface area (Å²) >= 11 is 0. The summed E-state index contributed by atoms with van der Waals surface area (Å²) in [6.07, 6.45) is 3.46. The molecular formula is C8H16N2. The number of nitrogens with one attached hydrogen (secondary N) is 1. The first-order chi connectivity index (χ1) is 4.81. The third-order valence-electron chi connectivity index (χ3n) is 1.16. The lowest BCUT2D eigenvalue weighted by atomic mass is 10.2. The lowest BCUT2D eigenvalue weighted by Crippen LogP contribution is -2.21. The lowest BCUT2D eigenvalue weighted by Gasteiger charge is -2.03. The molecule has 0 saturated heterocycles. The van der Waals surface area contributed by atoms with E-state index in [1.165, 1.54) is 0 Å². The van der Waals surface area contributed by atoms with E-state index in [0.29, 0.717) is 5.92 Å². The van der Waals surface area contributed by atoms with Crippen LogP contribution >= 0.6 is 0 Å². The molecule has 0 fully saturated rings. The Morgan fingerprint density at radius 1 is 1.70 bits per heavy atom. The molecule has 0 bridgehead atoms. The van der Waals surface area contributed by atoms with Crippen molar-refractivity contribution in [3.63, 3.8) is 0 Å². The van der Waals surface area contributed by atoms with Gasteiger partial charge in [-0.2, -0.15) is 0 Å². The van der Waals surface area contributed by atoms with Crippen LogP contribution in [0, 0.1) is 5.92 Å². The van der Waals surface area contributed by atoms with Crippen LogP contribution < -0.4 is 5.32 Å². The van der Waals surface area contributed by atoms with Crippen LogP contribution in [0.15, 0.2) is 17.8 Å². The van der Waals surface area contributed by atoms with Crippen LogP contribution in [0.25, 0.3) is 0 Å². The highest BCUT2D eigenvalue weighted by atomic mass is 14.8. The predicted octanol–water partition coefficient (Wildman–Crippen LogP) is 1.45. The van der Waals surface area contributed by atoms with Gasteiger partial charge in [-0.15, -0.1) is 0 Å². The molecule has 0 rings (SSSR count). The van der Waals surface area contributed by atoms with Crippen LogP contribution in [0.3, 0.4) is 0 Å². The van der Waals surface area contributed by atoms with E-state index in [0.717, 1.165) is 13.1 Å². The molecule has 1 unspecified atom stereocenters. The normalized spacial score (nSPS) is 13.8. The van der Waals surface area contributed by atoms with Gasteiger partial charge in [0.25, 0.3) is 0 Å². The molecule has 10 heavy (non-hydrogen) atoms. The SMILES string of the molecule is C=CN=CC(C)CNCC. The van der Waals surface area contributed by atoms with Crippen molar-refractivity contribution in [1.82, 2.24) is 5.32 Å². The van der Waals surface area contributed by atoms with E-state index in [2.05, 4.69) is 30.7 Å². The third-order valence-corrected chi connectivity index (χ3v) is 1.16. The molecule has 0 aromatic heterocycles. The highest BCUT2D eigenvalue weighted by molar-refractivity contribution is 5.61. The summed E-state index contributed by atoms with van der Waals surface area (Å²) in [5.41, 5.74) is 0. The molecule has 1 atom stereocenters. The van der Waals surface area contributed by atoms with Crippen molar-refractivity contribution < 1.29 is 0 Å². The van der Waals surface area contributed by atoms with E-state index in [-0.39, 0.29) is 0 Å². The van der Waals surface area contributed by atoms with Crippen molar-refractivity contribution in [3.8, 4) is 0 Å². The van der Waals surface area contributed by atoms with Crippen LogP contribution in [0.4, 0.5) is 0 Å². The Hall–Kier alpha value is -0.630. The molecule has 0 heterocycles. The zero-order valence-electron chi connectivity index (χ0n) is 6.80. The van der Waals surface area contributed by atoms with Crippen LogP contribution in [-0.4, -0.2) is 19.3 Å². The van der Waals surface area contributed by atoms with Crippen molar-refractivity contribution >= 4 is 6.21 Å². The fourth-order valence-corrected chi connectivity index (χ4v) is 0.632. The largest absolute Gasteiger partial charge is 0.316 e. The minimum atomic E-state index is 0.498. The maximum Gasteiger partial charge on any atom is 0.0192 e. The van der Waals surface area contributed by atoms with E-state index >= 15 is 0 Å². The quantitative estimate of drug-likeness (QED) is 0.574. The van der Waals surface area contributed by atoms with Gasteiger partial charge in [0.2, 0.25) is 0 Å². The van der Waals surface area contributed by atoms with E-state index in [1.807, 2.05) is 6.21 Å². The first kappa shape index (κ1) is 9.37. The first-order valence-electron chi connectivity index (χ1n) is 3.66. The fourth-order valence-electron chi connectivity index (χ4n) is 0.632. The monoisotopic (exact) mass is 140 g/mol. The van der Waals surface area contributed by atoms with Gasteiger partial charge in [-0.05, 0) is 6.54 Å². The highest BCUT2D eigenvalue weighted by Gasteiger charge is 1.93. The molecule has 0 aliphatic rings. The minimum Gasteiger partial charge on any atom is -0.316 e. The molecule has 0 aromatic carbocycles. The van der Waals surface area contributed by atoms with Gasteiger partial charge in [0.05, 0.1) is 0 Å². The summed E-state index contributed by atoms with van der Waals surface area (Å²) in [4.78, 5) is 3.92. The Morgan fingerprint density at radius 2 is 2.40 bits per heavy atom. The summed E-state index contributed by atoms with van der Waals surface area (Å²) in [7, 11) is 0. The van der Waals surface area contributed by atoms with Crippen LogP contribution in [0.2, 0.25) is 0 Å². The molecule has 1 N–H and O–H groups in total. The molecule has 58 valence electrons. The van der Waals surface area contributed by atoms with E-state index in [1.54, 1.807) is 6.20 Å². The van der Waals surface area contributed by atoms with Crippen molar-refractivity contribution in [2.45, 2.75) is 13.8 Å². The second kappa shape index (κ2) is 6.49. The average Bonchev–Trinajstić information content (AvgIpc) is 1.97. The Morgan fingerprint density at radius 3 is 2.90 bits per heavy atom. The molecule has 0 aliphatic heterocycles. The maximum absolute atomic E-state index is 3.92. The molecule has 0 aromatic rings. The number of hydrogen-bond donors (Lipinski definition) is 1. The smallest absolute Gasteiger partial charge is 0.0192 e. The highest BCUT2D eigenvalue weighted by Crippen LogP contribution is 1.86. The standard InChI is InChI=1S/C8H16N2/c1-4-9-6-8(3)7-10-5-2/h4,6,8,10H,1,5,7H2,2-3H3. The summed E-state index contributed by atoms with van der Waals surface area (Å²) in [5, 5.41) is 3.23. The maximum atomic E-state index is 3.92. The van der Waals surface area contributed by atoms with Crippen molar-refractivity contribution in [2.24, 2.45) is 10.9 Å². The number of nitrogens with zero attached hydrogens (tertiary/aromatic N) is 1. The Labute approximate surface area is 63.0 Å². The van der Waals surface area contributed by atoms with E-state index < -0.39 is 0 Å². The number of rotatable bonds is 5. The summed E-state index contributed by atoms with van der Waals surface area (Å²) in [6.45, 7) is 9.72. The average molecular weight is 140 g/mol. The van der Waals surface area contributed by atoms with Crippen LogP contribution in [0.1, 0.15) is 13.8 Å². The van der Waals surface area contributed by atoms with Gasteiger partial charge in [0, 0.05) is 24.9 Å². The molecule has 0 spiro atoms. The summed E-state index contributed by atoms with van der Waals surface area (Å²) in [6, 6.07) is 0. The van der Waals surface area contributed by atoms with Gasteiger partial charge in [0.1, 0.15) is 0 Å². The predicted molar refractivity (Wildman–Crippen MR) is 46.4 cm³/mol. The number of aliphatic imine (C=N–C) groups is 1. The Kier molecular flexibility index (Phi) is 6.08.